The average Bonchev–Trinajstić information content (AvgIpc) is 2.81. The van der Waals surface area contributed by atoms with Gasteiger partial charge in [0.25, 0.3) is 5.91 Å². The number of hydrogen-bond donors (Lipinski definition) is 2. The first-order chi connectivity index (χ1) is 9.58. The number of rotatable bonds is 4. The molecule has 0 fully saturated rings. The van der Waals surface area contributed by atoms with E-state index in [4.69, 9.17) is 5.11 Å². The van der Waals surface area contributed by atoms with Crippen LogP contribution in [0.15, 0.2) is 24.3 Å². The van der Waals surface area contributed by atoms with Crippen molar-refractivity contribution in [3.8, 4) is 0 Å². The minimum absolute atomic E-state index is 0.381. The van der Waals surface area contributed by atoms with Gasteiger partial charge < -0.3 is 15.2 Å². The number of nitrogens with one attached hydrogen (secondary N) is 1. The van der Waals surface area contributed by atoms with Crippen molar-refractivity contribution < 1.29 is 19.4 Å². The van der Waals surface area contributed by atoms with E-state index in [2.05, 4.69) is 10.1 Å². The molecule has 0 saturated carbocycles. The predicted molar refractivity (Wildman–Crippen MR) is 76.9 cm³/mol. The van der Waals surface area contributed by atoms with Crippen LogP contribution in [0.1, 0.15) is 15.2 Å². The Bertz CT molecular complexity index is 650. The Morgan fingerprint density at radius 2 is 2.10 bits per heavy atom. The van der Waals surface area contributed by atoms with Crippen LogP contribution in [0.3, 0.4) is 0 Å². The zero-order valence-electron chi connectivity index (χ0n) is 11.2. The molecule has 1 unspecified atom stereocenters. The zero-order chi connectivity index (χ0) is 14.7. The number of fused-ring (bicyclic) bond motifs is 1. The van der Waals surface area contributed by atoms with Gasteiger partial charge in [-0.05, 0) is 23.9 Å². The van der Waals surface area contributed by atoms with Crippen molar-refractivity contribution in [2.24, 2.45) is 0 Å². The van der Waals surface area contributed by atoms with E-state index in [0.29, 0.717) is 4.88 Å². The summed E-state index contributed by atoms with van der Waals surface area (Å²) in [5, 5.41) is 12.6. The number of ether oxygens (including phenoxy) is 1. The fourth-order valence-corrected chi connectivity index (χ4v) is 3.05. The Morgan fingerprint density at radius 3 is 2.70 bits per heavy atom. The molecule has 2 N–H and O–H groups in total. The van der Waals surface area contributed by atoms with E-state index in [-0.39, 0.29) is 5.91 Å². The second-order valence-corrected chi connectivity index (χ2v) is 5.34. The molecular weight excluding hydrogens is 278 g/mol. The molecule has 0 aliphatic carbocycles. The summed E-state index contributed by atoms with van der Waals surface area (Å²) < 4.78 is 5.53. The van der Waals surface area contributed by atoms with Crippen LogP contribution < -0.4 is 5.32 Å². The molecule has 0 spiro atoms. The summed E-state index contributed by atoms with van der Waals surface area (Å²) in [6.07, 6.45) is 0. The molecular formula is C14H15NO4S. The lowest BCUT2D eigenvalue weighted by Gasteiger charge is -2.13. The molecule has 2 aromatic rings. The topological polar surface area (TPSA) is 75.6 Å². The molecule has 2 rings (SSSR count). The minimum atomic E-state index is -1.04. The number of thiophene rings is 1. The maximum absolute atomic E-state index is 12.2. The highest BCUT2D eigenvalue weighted by molar-refractivity contribution is 7.21. The Balaban J connectivity index is 2.27. The predicted octanol–water partition coefficient (Wildman–Crippen LogP) is 1.47. The third-order valence-electron chi connectivity index (χ3n) is 3.02. The van der Waals surface area contributed by atoms with Crippen molar-refractivity contribution >= 4 is 33.3 Å². The van der Waals surface area contributed by atoms with E-state index in [1.54, 1.807) is 0 Å². The first kappa shape index (κ1) is 14.5. The smallest absolute Gasteiger partial charge is 0.330 e. The van der Waals surface area contributed by atoms with E-state index in [0.717, 1.165) is 15.6 Å². The fraction of sp³-hybridized carbons (Fsp3) is 0.286. The number of methoxy groups -OCH3 is 1. The number of amides is 1. The van der Waals surface area contributed by atoms with Gasteiger partial charge in [-0.25, -0.2) is 4.79 Å². The van der Waals surface area contributed by atoms with Gasteiger partial charge in [0.1, 0.15) is 0 Å². The summed E-state index contributed by atoms with van der Waals surface area (Å²) in [7, 11) is 1.21. The average molecular weight is 293 g/mol. The Labute approximate surface area is 120 Å². The highest BCUT2D eigenvalue weighted by atomic mass is 32.1. The second kappa shape index (κ2) is 6.02. The molecule has 1 aromatic heterocycles. The molecule has 0 saturated heterocycles. The van der Waals surface area contributed by atoms with Crippen LogP contribution in [0.25, 0.3) is 10.1 Å². The largest absolute Gasteiger partial charge is 0.467 e. The SMILES string of the molecule is COC(=O)C(CO)NC(=O)c1sc2ccccc2c1C. The van der Waals surface area contributed by atoms with Gasteiger partial charge in [0.15, 0.2) is 6.04 Å². The second-order valence-electron chi connectivity index (χ2n) is 4.28. The number of benzene rings is 1. The van der Waals surface area contributed by atoms with Crippen LogP contribution in [0, 0.1) is 6.92 Å². The summed E-state index contributed by atoms with van der Waals surface area (Å²) in [4.78, 5) is 24.1. The summed E-state index contributed by atoms with van der Waals surface area (Å²) in [5.74, 6) is -1.05. The number of carbonyl (C=O) groups excluding carboxylic acids is 2. The van der Waals surface area contributed by atoms with Gasteiger partial charge in [0.2, 0.25) is 0 Å². The van der Waals surface area contributed by atoms with Gasteiger partial charge in [-0.2, -0.15) is 0 Å². The number of aryl methyl sites for hydroxylation is 1. The highest BCUT2D eigenvalue weighted by Gasteiger charge is 2.23. The van der Waals surface area contributed by atoms with Crippen LogP contribution in [-0.4, -0.2) is 36.7 Å². The van der Waals surface area contributed by atoms with Crippen molar-refractivity contribution in [3.63, 3.8) is 0 Å². The van der Waals surface area contributed by atoms with Crippen molar-refractivity contribution in [2.75, 3.05) is 13.7 Å². The third kappa shape index (κ3) is 2.66. The molecule has 1 atom stereocenters. The molecule has 1 aromatic carbocycles. The molecule has 1 heterocycles. The number of carbonyl (C=O) groups is 2. The van der Waals surface area contributed by atoms with Crippen LogP contribution >= 0.6 is 11.3 Å². The van der Waals surface area contributed by atoms with Gasteiger partial charge in [0.05, 0.1) is 18.6 Å². The Morgan fingerprint density at radius 1 is 1.40 bits per heavy atom. The third-order valence-corrected chi connectivity index (χ3v) is 4.30. The summed E-state index contributed by atoms with van der Waals surface area (Å²) in [5.41, 5.74) is 0.865. The molecule has 0 bridgehead atoms. The monoisotopic (exact) mass is 293 g/mol. The summed E-state index contributed by atoms with van der Waals surface area (Å²) in [6.45, 7) is 1.36. The first-order valence-corrected chi connectivity index (χ1v) is 6.87. The maximum atomic E-state index is 12.2. The number of aliphatic hydroxyl groups is 1. The van der Waals surface area contributed by atoms with E-state index < -0.39 is 18.6 Å². The van der Waals surface area contributed by atoms with Crippen LogP contribution in [0.5, 0.6) is 0 Å². The van der Waals surface area contributed by atoms with Gasteiger partial charge in [-0.1, -0.05) is 18.2 Å². The number of esters is 1. The highest BCUT2D eigenvalue weighted by Crippen LogP contribution is 2.30. The molecule has 20 heavy (non-hydrogen) atoms. The lowest BCUT2D eigenvalue weighted by molar-refractivity contribution is -0.143. The van der Waals surface area contributed by atoms with E-state index in [9.17, 15) is 9.59 Å². The number of hydrogen-bond acceptors (Lipinski definition) is 5. The van der Waals surface area contributed by atoms with Gasteiger partial charge in [-0.15, -0.1) is 11.3 Å². The molecule has 0 radical (unpaired) electrons. The Kier molecular flexibility index (Phi) is 4.36. The van der Waals surface area contributed by atoms with E-state index in [1.807, 2.05) is 31.2 Å². The van der Waals surface area contributed by atoms with Crippen molar-refractivity contribution in [3.05, 3.63) is 34.7 Å². The Hall–Kier alpha value is -1.92. The molecule has 1 amide bonds. The summed E-state index contributed by atoms with van der Waals surface area (Å²) >= 11 is 1.36. The molecule has 6 heteroatoms. The van der Waals surface area contributed by atoms with Crippen molar-refractivity contribution in [1.29, 1.82) is 0 Å². The lowest BCUT2D eigenvalue weighted by atomic mass is 10.1. The maximum Gasteiger partial charge on any atom is 0.330 e. The zero-order valence-corrected chi connectivity index (χ0v) is 12.0. The van der Waals surface area contributed by atoms with Crippen molar-refractivity contribution in [2.45, 2.75) is 13.0 Å². The molecule has 106 valence electrons. The van der Waals surface area contributed by atoms with E-state index >= 15 is 0 Å². The first-order valence-electron chi connectivity index (χ1n) is 6.06. The number of aliphatic hydroxyl groups excluding tert-OH is 1. The van der Waals surface area contributed by atoms with Crippen LogP contribution in [0.4, 0.5) is 0 Å². The fourth-order valence-electron chi connectivity index (χ4n) is 1.94. The van der Waals surface area contributed by atoms with E-state index in [1.165, 1.54) is 18.4 Å². The standard InChI is InChI=1S/C14H15NO4S/c1-8-9-5-3-4-6-11(9)20-12(8)13(17)15-10(7-16)14(18)19-2/h3-6,10,16H,7H2,1-2H3,(H,15,17). The quantitative estimate of drug-likeness (QED) is 0.837. The molecule has 5 nitrogen and oxygen atoms in total. The molecule has 0 aliphatic rings. The molecule has 0 aliphatic heterocycles. The van der Waals surface area contributed by atoms with Crippen LogP contribution in [-0.2, 0) is 9.53 Å². The lowest BCUT2D eigenvalue weighted by Crippen LogP contribution is -2.43. The van der Waals surface area contributed by atoms with Crippen molar-refractivity contribution in [1.82, 2.24) is 5.32 Å². The minimum Gasteiger partial charge on any atom is -0.467 e. The van der Waals surface area contributed by atoms with Gasteiger partial charge in [0, 0.05) is 4.70 Å². The van der Waals surface area contributed by atoms with Gasteiger partial charge >= 0.3 is 5.97 Å². The normalized spacial score (nSPS) is 12.2. The van der Waals surface area contributed by atoms with Gasteiger partial charge in [-0.3, -0.25) is 4.79 Å². The van der Waals surface area contributed by atoms with Crippen LogP contribution in [0.2, 0.25) is 0 Å². The summed E-state index contributed by atoms with van der Waals surface area (Å²) in [6, 6.07) is 6.66.